The molecule has 1 aliphatic carbocycles. The fraction of sp³-hybridized carbons (Fsp3) is 0.562. The first-order valence-electron chi connectivity index (χ1n) is 7.64. The van der Waals surface area contributed by atoms with Gasteiger partial charge in [-0.1, -0.05) is 12.8 Å². The van der Waals surface area contributed by atoms with E-state index < -0.39 is 0 Å². The summed E-state index contributed by atoms with van der Waals surface area (Å²) in [4.78, 5) is 14.2. The minimum absolute atomic E-state index is 0.0685. The van der Waals surface area contributed by atoms with Crippen LogP contribution in [-0.2, 0) is 6.42 Å². The molecule has 1 aliphatic heterocycles. The zero-order chi connectivity index (χ0) is 13.9. The van der Waals surface area contributed by atoms with Crippen LogP contribution in [0.3, 0.4) is 0 Å². The van der Waals surface area contributed by atoms with Crippen molar-refractivity contribution in [1.29, 1.82) is 0 Å². The number of nitrogens with one attached hydrogen (secondary N) is 2. The molecule has 1 fully saturated rings. The van der Waals surface area contributed by atoms with Gasteiger partial charge in [0.25, 0.3) is 0 Å². The first kappa shape index (κ1) is 13.3. The number of aryl methyl sites for hydroxylation is 1. The Balaban J connectivity index is 1.64. The Morgan fingerprint density at radius 2 is 2.05 bits per heavy atom. The van der Waals surface area contributed by atoms with Crippen LogP contribution in [0.4, 0.5) is 16.2 Å². The first-order valence-corrected chi connectivity index (χ1v) is 7.64. The lowest BCUT2D eigenvalue weighted by Crippen LogP contribution is -2.36. The molecule has 0 radical (unpaired) electrons. The van der Waals surface area contributed by atoms with E-state index in [0.29, 0.717) is 6.04 Å². The summed E-state index contributed by atoms with van der Waals surface area (Å²) in [6, 6.07) is 6.51. The molecule has 2 aliphatic rings. The SMILES string of the molecule is CN1CCCc2cc(NC(=O)NC3CCCC3)ccc21. The third-order valence-corrected chi connectivity index (χ3v) is 4.38. The van der Waals surface area contributed by atoms with Gasteiger partial charge in [0, 0.05) is 31.0 Å². The molecule has 0 aromatic heterocycles. The highest BCUT2D eigenvalue weighted by molar-refractivity contribution is 5.90. The van der Waals surface area contributed by atoms with Crippen LogP contribution in [0.1, 0.15) is 37.7 Å². The summed E-state index contributed by atoms with van der Waals surface area (Å²) in [5.41, 5.74) is 3.52. The lowest BCUT2D eigenvalue weighted by molar-refractivity contribution is 0.248. The summed E-state index contributed by atoms with van der Waals surface area (Å²) in [5.74, 6) is 0. The summed E-state index contributed by atoms with van der Waals surface area (Å²) in [7, 11) is 2.12. The third kappa shape index (κ3) is 2.89. The topological polar surface area (TPSA) is 44.4 Å². The van der Waals surface area contributed by atoms with Crippen molar-refractivity contribution in [1.82, 2.24) is 5.32 Å². The molecule has 2 N–H and O–H groups in total. The van der Waals surface area contributed by atoms with Gasteiger partial charge in [-0.05, 0) is 49.4 Å². The Bertz CT molecular complexity index is 494. The van der Waals surface area contributed by atoms with Gasteiger partial charge >= 0.3 is 6.03 Å². The lowest BCUT2D eigenvalue weighted by Gasteiger charge is -2.27. The highest BCUT2D eigenvalue weighted by Crippen LogP contribution is 2.28. The largest absolute Gasteiger partial charge is 0.374 e. The van der Waals surface area contributed by atoms with E-state index in [0.717, 1.165) is 31.5 Å². The van der Waals surface area contributed by atoms with Gasteiger partial charge < -0.3 is 15.5 Å². The van der Waals surface area contributed by atoms with Crippen molar-refractivity contribution in [3.05, 3.63) is 23.8 Å². The molecule has 0 unspecified atom stereocenters. The summed E-state index contributed by atoms with van der Waals surface area (Å²) in [6.45, 7) is 1.11. The monoisotopic (exact) mass is 273 g/mol. The van der Waals surface area contributed by atoms with Crippen LogP contribution >= 0.6 is 0 Å². The van der Waals surface area contributed by atoms with Crippen LogP contribution < -0.4 is 15.5 Å². The maximum Gasteiger partial charge on any atom is 0.319 e. The van der Waals surface area contributed by atoms with E-state index in [-0.39, 0.29) is 6.03 Å². The normalized spacial score (nSPS) is 18.8. The second-order valence-corrected chi connectivity index (χ2v) is 5.95. The summed E-state index contributed by atoms with van der Waals surface area (Å²) < 4.78 is 0. The Kier molecular flexibility index (Phi) is 3.81. The van der Waals surface area contributed by atoms with Gasteiger partial charge in [-0.25, -0.2) is 4.79 Å². The Morgan fingerprint density at radius 1 is 1.25 bits per heavy atom. The second kappa shape index (κ2) is 5.73. The quantitative estimate of drug-likeness (QED) is 0.869. The van der Waals surface area contributed by atoms with Crippen LogP contribution in [0.25, 0.3) is 0 Å². The van der Waals surface area contributed by atoms with Gasteiger partial charge in [0.2, 0.25) is 0 Å². The van der Waals surface area contributed by atoms with Crippen molar-refractivity contribution >= 4 is 17.4 Å². The number of amides is 2. The van der Waals surface area contributed by atoms with Crippen molar-refractivity contribution in [2.45, 2.75) is 44.6 Å². The van der Waals surface area contributed by atoms with Crippen molar-refractivity contribution in [3.63, 3.8) is 0 Å². The minimum atomic E-state index is -0.0685. The van der Waals surface area contributed by atoms with Gasteiger partial charge in [-0.2, -0.15) is 0 Å². The molecule has 0 bridgehead atoms. The highest BCUT2D eigenvalue weighted by Gasteiger charge is 2.18. The summed E-state index contributed by atoms with van der Waals surface area (Å²) in [5, 5.41) is 6.02. The predicted octanol–water partition coefficient (Wildman–Crippen LogP) is 3.13. The molecule has 20 heavy (non-hydrogen) atoms. The molecule has 3 rings (SSSR count). The predicted molar refractivity (Wildman–Crippen MR) is 82.4 cm³/mol. The van der Waals surface area contributed by atoms with Crippen LogP contribution in [0.5, 0.6) is 0 Å². The maximum atomic E-state index is 12.0. The smallest absolute Gasteiger partial charge is 0.319 e. The fourth-order valence-corrected chi connectivity index (χ4v) is 3.29. The van der Waals surface area contributed by atoms with Crippen molar-refractivity contribution < 1.29 is 4.79 Å². The Morgan fingerprint density at radius 3 is 2.85 bits per heavy atom. The molecule has 2 amide bonds. The number of hydrogen-bond donors (Lipinski definition) is 2. The van der Waals surface area contributed by atoms with E-state index in [1.807, 2.05) is 6.07 Å². The number of hydrogen-bond acceptors (Lipinski definition) is 2. The number of rotatable bonds is 2. The summed E-state index contributed by atoms with van der Waals surface area (Å²) >= 11 is 0. The van der Waals surface area contributed by atoms with Gasteiger partial charge in [0.15, 0.2) is 0 Å². The zero-order valence-electron chi connectivity index (χ0n) is 12.1. The van der Waals surface area contributed by atoms with Crippen LogP contribution in [0.15, 0.2) is 18.2 Å². The maximum absolute atomic E-state index is 12.0. The van der Waals surface area contributed by atoms with Crippen LogP contribution in [-0.4, -0.2) is 25.7 Å². The number of fused-ring (bicyclic) bond motifs is 1. The van der Waals surface area contributed by atoms with Crippen molar-refractivity contribution in [3.8, 4) is 0 Å². The molecule has 0 spiro atoms. The Labute approximate surface area is 120 Å². The van der Waals surface area contributed by atoms with Crippen molar-refractivity contribution in [2.24, 2.45) is 0 Å². The molecule has 1 aromatic rings. The van der Waals surface area contributed by atoms with E-state index in [9.17, 15) is 4.79 Å². The van der Waals surface area contributed by atoms with Gasteiger partial charge in [0.1, 0.15) is 0 Å². The van der Waals surface area contributed by atoms with E-state index in [4.69, 9.17) is 0 Å². The minimum Gasteiger partial charge on any atom is -0.374 e. The molecular weight excluding hydrogens is 250 g/mol. The second-order valence-electron chi connectivity index (χ2n) is 5.95. The molecule has 108 valence electrons. The average molecular weight is 273 g/mol. The van der Waals surface area contributed by atoms with Crippen LogP contribution in [0, 0.1) is 0 Å². The number of urea groups is 1. The standard InChI is InChI=1S/C16H23N3O/c1-19-10-4-5-12-11-14(8-9-15(12)19)18-16(20)17-13-6-2-3-7-13/h8-9,11,13H,2-7,10H2,1H3,(H2,17,18,20). The molecule has 1 aromatic carbocycles. The van der Waals surface area contributed by atoms with Gasteiger partial charge in [-0.3, -0.25) is 0 Å². The third-order valence-electron chi connectivity index (χ3n) is 4.38. The fourth-order valence-electron chi connectivity index (χ4n) is 3.29. The van der Waals surface area contributed by atoms with E-state index >= 15 is 0 Å². The van der Waals surface area contributed by atoms with E-state index in [2.05, 4.69) is 34.7 Å². The lowest BCUT2D eigenvalue weighted by atomic mass is 10.0. The molecule has 0 atom stereocenters. The van der Waals surface area contributed by atoms with Crippen LogP contribution in [0.2, 0.25) is 0 Å². The molecular formula is C16H23N3O. The molecule has 4 heteroatoms. The number of benzene rings is 1. The van der Waals surface area contributed by atoms with E-state index in [1.54, 1.807) is 0 Å². The van der Waals surface area contributed by atoms with Gasteiger partial charge in [0.05, 0.1) is 0 Å². The molecule has 0 saturated heterocycles. The first-order chi connectivity index (χ1) is 9.72. The number of nitrogens with zero attached hydrogens (tertiary/aromatic N) is 1. The number of carbonyl (C=O) groups excluding carboxylic acids is 1. The molecule has 1 saturated carbocycles. The number of anilines is 2. The summed E-state index contributed by atoms with van der Waals surface area (Å²) in [6.07, 6.45) is 6.97. The molecule has 4 nitrogen and oxygen atoms in total. The average Bonchev–Trinajstić information content (AvgIpc) is 2.91. The zero-order valence-corrected chi connectivity index (χ0v) is 12.1. The Hall–Kier alpha value is -1.71. The number of carbonyl (C=O) groups is 1. The highest BCUT2D eigenvalue weighted by atomic mass is 16.2. The van der Waals surface area contributed by atoms with Crippen molar-refractivity contribution in [2.75, 3.05) is 23.8 Å². The molecule has 1 heterocycles. The van der Waals surface area contributed by atoms with Gasteiger partial charge in [-0.15, -0.1) is 0 Å². The van der Waals surface area contributed by atoms with E-state index in [1.165, 1.54) is 30.5 Å².